The van der Waals surface area contributed by atoms with Gasteiger partial charge in [0.05, 0.1) is 23.2 Å². The quantitative estimate of drug-likeness (QED) is 0.147. The van der Waals surface area contributed by atoms with E-state index in [4.69, 9.17) is 19.2 Å². The van der Waals surface area contributed by atoms with Gasteiger partial charge < -0.3 is 19.6 Å². The summed E-state index contributed by atoms with van der Waals surface area (Å²) in [6.45, 7) is 0.241. The second kappa shape index (κ2) is 12.5. The van der Waals surface area contributed by atoms with Crippen LogP contribution in [0.15, 0.2) is 65.1 Å². The number of fused-ring (bicyclic) bond motifs is 1. The summed E-state index contributed by atoms with van der Waals surface area (Å²) >= 11 is 0. The van der Waals surface area contributed by atoms with Crippen molar-refractivity contribution >= 4 is 33.9 Å². The van der Waals surface area contributed by atoms with Gasteiger partial charge in [0.15, 0.2) is 0 Å². The number of thiol groups is 1. The molecule has 0 atom stereocenters. The van der Waals surface area contributed by atoms with E-state index in [0.29, 0.717) is 52.3 Å². The van der Waals surface area contributed by atoms with Crippen LogP contribution in [0.5, 0.6) is 11.5 Å². The van der Waals surface area contributed by atoms with E-state index < -0.39 is 16.9 Å². The minimum Gasteiger partial charge on any atom is -0.481 e. The molecule has 0 saturated heterocycles. The summed E-state index contributed by atoms with van der Waals surface area (Å²) in [5.74, 6) is 0.690. The van der Waals surface area contributed by atoms with Gasteiger partial charge in [-0.2, -0.15) is 4.31 Å². The van der Waals surface area contributed by atoms with Gasteiger partial charge in [-0.3, -0.25) is 9.59 Å². The summed E-state index contributed by atoms with van der Waals surface area (Å²) < 4.78 is 37.4. The van der Waals surface area contributed by atoms with Crippen LogP contribution in [0.1, 0.15) is 59.6 Å². The van der Waals surface area contributed by atoms with Crippen molar-refractivity contribution in [2.24, 2.45) is 0 Å². The fourth-order valence-electron chi connectivity index (χ4n) is 4.76. The Kier molecular flexibility index (Phi) is 8.65. The highest BCUT2D eigenvalue weighted by Gasteiger charge is 2.31. The van der Waals surface area contributed by atoms with Crippen LogP contribution in [0.3, 0.4) is 0 Å². The summed E-state index contributed by atoms with van der Waals surface area (Å²) in [6.07, 6.45) is 2.68. The smallest absolute Gasteiger partial charge is 0.303 e. The van der Waals surface area contributed by atoms with Gasteiger partial charge in [0.1, 0.15) is 17.3 Å². The number of hydrogen-bond acceptors (Lipinski definition) is 7. The number of nitrogens with one attached hydrogen (secondary N) is 1. The average Bonchev–Trinajstić information content (AvgIpc) is 3.75. The van der Waals surface area contributed by atoms with Crippen molar-refractivity contribution in [1.82, 2.24) is 14.6 Å². The van der Waals surface area contributed by atoms with E-state index in [1.165, 1.54) is 4.31 Å². The molecule has 4 aromatic rings. The second-order valence-corrected chi connectivity index (χ2v) is 11.0. The third-order valence-corrected chi connectivity index (χ3v) is 7.79. The number of rotatable bonds is 13. The summed E-state index contributed by atoms with van der Waals surface area (Å²) in [7, 11) is -1.35. The second-order valence-electron chi connectivity index (χ2n) is 9.95. The summed E-state index contributed by atoms with van der Waals surface area (Å²) in [5, 5.41) is 12.1. The Morgan fingerprint density at radius 2 is 1.78 bits per heavy atom. The number of carbonyl (C=O) groups excluding carboxylic acids is 1. The number of unbranched alkanes of at least 4 members (excludes halogenated alkanes) is 1. The molecule has 2 aromatic carbocycles. The molecule has 214 valence electrons. The fourth-order valence-corrected chi connectivity index (χ4v) is 5.32. The Labute approximate surface area is 239 Å². The molecule has 2 N–H and O–H groups in total. The van der Waals surface area contributed by atoms with Crippen molar-refractivity contribution in [3.63, 3.8) is 0 Å². The van der Waals surface area contributed by atoms with E-state index >= 15 is 0 Å². The molecule has 11 heteroatoms. The number of pyridine rings is 1. The maximum Gasteiger partial charge on any atom is 0.303 e. The zero-order valence-electron chi connectivity index (χ0n) is 22.5. The molecular formula is C30H31N3O7S. The van der Waals surface area contributed by atoms with Crippen molar-refractivity contribution in [3.05, 3.63) is 77.5 Å². The molecule has 0 aliphatic heterocycles. The average molecular weight is 578 g/mol. The number of para-hydroxylation sites is 1. The number of benzene rings is 2. The fraction of sp³-hybridized carbons (Fsp3) is 0.300. The van der Waals surface area contributed by atoms with E-state index in [2.05, 4.69) is 5.32 Å². The molecule has 1 saturated carbocycles. The van der Waals surface area contributed by atoms with Crippen LogP contribution in [0.2, 0.25) is 0 Å². The molecule has 0 spiro atoms. The number of carbonyl (C=O) groups is 2. The Morgan fingerprint density at radius 3 is 2.41 bits per heavy atom. The van der Waals surface area contributed by atoms with Crippen LogP contribution < -0.4 is 10.1 Å². The molecule has 41 heavy (non-hydrogen) atoms. The Morgan fingerprint density at radius 1 is 1.07 bits per heavy atom. The highest BCUT2D eigenvalue weighted by Crippen LogP contribution is 2.44. The minimum absolute atomic E-state index is 0.0161. The number of carboxylic acid groups (broad SMARTS) is 1. The number of carboxylic acids is 1. The maximum atomic E-state index is 13.1. The van der Waals surface area contributed by atoms with Crippen LogP contribution in [0.4, 0.5) is 0 Å². The minimum atomic E-state index is -2.91. The van der Waals surface area contributed by atoms with E-state index in [-0.39, 0.29) is 37.0 Å². The first-order valence-electron chi connectivity index (χ1n) is 13.5. The number of nitrogens with zero attached hydrogens (tertiary/aromatic N) is 2. The first kappa shape index (κ1) is 28.3. The standard InChI is InChI=1S/C30H31N3O7S/c1-31-29(36)27-24-17-23(19-10-11-19)25(18-33(41(37)38)16-6-5-9-26(34)35)32-30(24)40-28(27)20-12-14-22(15-13-20)39-21-7-3-2-4-8-21/h2-4,7-8,12-15,17,19,41H,5-6,9-11,16,18H2,1H3,(H,31,36)(H,34,35). The monoisotopic (exact) mass is 577 g/mol. The molecule has 5 rings (SSSR count). The predicted octanol–water partition coefficient (Wildman–Crippen LogP) is 5.11. The summed E-state index contributed by atoms with van der Waals surface area (Å²) in [6, 6.07) is 18.5. The van der Waals surface area contributed by atoms with Crippen LogP contribution in [-0.2, 0) is 22.2 Å². The normalized spacial score (nSPS) is 13.1. The van der Waals surface area contributed by atoms with Crippen molar-refractivity contribution in [3.8, 4) is 22.8 Å². The van der Waals surface area contributed by atoms with Crippen molar-refractivity contribution < 1.29 is 32.3 Å². The van der Waals surface area contributed by atoms with E-state index in [9.17, 15) is 18.0 Å². The van der Waals surface area contributed by atoms with Crippen LogP contribution >= 0.6 is 0 Å². The van der Waals surface area contributed by atoms with Crippen LogP contribution in [0.25, 0.3) is 22.4 Å². The Hall–Kier alpha value is -4.22. The van der Waals surface area contributed by atoms with Gasteiger partial charge in [-0.05, 0) is 79.6 Å². The molecule has 10 nitrogen and oxygen atoms in total. The maximum absolute atomic E-state index is 13.1. The summed E-state index contributed by atoms with van der Waals surface area (Å²) in [5.41, 5.74) is 2.75. The van der Waals surface area contributed by atoms with E-state index in [1.54, 1.807) is 19.2 Å². The molecule has 2 heterocycles. The third-order valence-electron chi connectivity index (χ3n) is 6.98. The largest absolute Gasteiger partial charge is 0.481 e. The zero-order chi connectivity index (χ0) is 28.9. The molecule has 1 fully saturated rings. The Bertz CT molecular complexity index is 1620. The lowest BCUT2D eigenvalue weighted by molar-refractivity contribution is -0.137. The number of aromatic nitrogens is 1. The third kappa shape index (κ3) is 6.75. The van der Waals surface area contributed by atoms with Gasteiger partial charge in [-0.1, -0.05) is 18.2 Å². The highest BCUT2D eigenvalue weighted by atomic mass is 32.2. The van der Waals surface area contributed by atoms with Crippen LogP contribution in [-0.4, -0.2) is 48.3 Å². The lowest BCUT2D eigenvalue weighted by Crippen LogP contribution is -2.24. The molecule has 1 aliphatic rings. The molecular weight excluding hydrogens is 546 g/mol. The van der Waals surface area contributed by atoms with Gasteiger partial charge >= 0.3 is 5.97 Å². The Balaban J connectivity index is 1.49. The molecule has 1 amide bonds. The van der Waals surface area contributed by atoms with Gasteiger partial charge in [0.25, 0.3) is 5.91 Å². The SMILES string of the molecule is CNC(=O)c1c(-c2ccc(Oc3ccccc3)cc2)oc2nc(CN(CCCCC(=O)O)[SH](=O)=O)c(C3CC3)cc12. The van der Waals surface area contributed by atoms with Crippen molar-refractivity contribution in [2.45, 2.75) is 44.6 Å². The lowest BCUT2D eigenvalue weighted by atomic mass is 10.0. The molecule has 1 aliphatic carbocycles. The van der Waals surface area contributed by atoms with Crippen molar-refractivity contribution in [1.29, 1.82) is 0 Å². The summed E-state index contributed by atoms with van der Waals surface area (Å²) in [4.78, 5) is 28.6. The molecule has 0 radical (unpaired) electrons. The number of aliphatic carboxylic acids is 1. The topological polar surface area (TPSA) is 139 Å². The number of furan rings is 1. The zero-order valence-corrected chi connectivity index (χ0v) is 23.4. The molecule has 0 bridgehead atoms. The number of amides is 1. The number of hydrogen-bond donors (Lipinski definition) is 3. The van der Waals surface area contributed by atoms with E-state index in [1.807, 2.05) is 48.5 Å². The number of ether oxygens (including phenoxy) is 1. The first-order chi connectivity index (χ1) is 19.8. The predicted molar refractivity (Wildman–Crippen MR) is 154 cm³/mol. The molecule has 2 aromatic heterocycles. The lowest BCUT2D eigenvalue weighted by Gasteiger charge is -2.17. The van der Waals surface area contributed by atoms with Crippen LogP contribution in [0, 0.1) is 0 Å². The van der Waals surface area contributed by atoms with Gasteiger partial charge in [0, 0.05) is 25.6 Å². The van der Waals surface area contributed by atoms with Gasteiger partial charge in [0.2, 0.25) is 16.6 Å². The van der Waals surface area contributed by atoms with Crippen molar-refractivity contribution in [2.75, 3.05) is 13.6 Å². The van der Waals surface area contributed by atoms with E-state index in [0.717, 1.165) is 18.4 Å². The molecule has 0 unspecified atom stereocenters. The van der Waals surface area contributed by atoms with Gasteiger partial charge in [-0.25, -0.2) is 13.4 Å². The first-order valence-corrected chi connectivity index (χ1v) is 14.6. The highest BCUT2D eigenvalue weighted by molar-refractivity contribution is 7.69. The van der Waals surface area contributed by atoms with Gasteiger partial charge in [-0.15, -0.1) is 0 Å².